The van der Waals surface area contributed by atoms with Crippen LogP contribution in [0.3, 0.4) is 0 Å². The minimum atomic E-state index is -0.253. The molecule has 0 radical (unpaired) electrons. The second-order valence-corrected chi connectivity index (χ2v) is 8.66. The maximum Gasteiger partial charge on any atom is 0.228 e. The summed E-state index contributed by atoms with van der Waals surface area (Å²) in [6.45, 7) is 6.43. The molecule has 152 valence electrons. The molecule has 2 aliphatic heterocycles. The van der Waals surface area contributed by atoms with Crippen molar-refractivity contribution in [3.63, 3.8) is 0 Å². The number of nitrogens with zero attached hydrogens (tertiary/aromatic N) is 4. The molecule has 2 fully saturated rings. The molecular weight excluding hydrogens is 432 g/mol. The van der Waals surface area contributed by atoms with Crippen LogP contribution in [-0.4, -0.2) is 59.3 Å². The van der Waals surface area contributed by atoms with Crippen LogP contribution in [0, 0.1) is 12.8 Å². The molecule has 0 bridgehead atoms. The van der Waals surface area contributed by atoms with E-state index in [2.05, 4.69) is 31.9 Å². The first-order valence-corrected chi connectivity index (χ1v) is 10.8. The van der Waals surface area contributed by atoms with E-state index in [0.717, 1.165) is 35.4 Å². The van der Waals surface area contributed by atoms with Crippen LogP contribution in [0.25, 0.3) is 0 Å². The lowest BCUT2D eigenvalue weighted by Gasteiger charge is -2.35. The number of anilines is 1. The Morgan fingerprint density at radius 2 is 2.00 bits per heavy atom. The van der Waals surface area contributed by atoms with Gasteiger partial charge in [0.25, 0.3) is 0 Å². The zero-order chi connectivity index (χ0) is 20.4. The molecule has 0 N–H and O–H groups in total. The summed E-state index contributed by atoms with van der Waals surface area (Å²) in [6, 6.07) is 9.90. The highest BCUT2D eigenvalue weighted by Crippen LogP contribution is 2.29. The minimum absolute atomic E-state index is 0.0280. The van der Waals surface area contributed by atoms with Gasteiger partial charge in [-0.3, -0.25) is 19.5 Å². The van der Waals surface area contributed by atoms with Gasteiger partial charge in [-0.2, -0.15) is 0 Å². The zero-order valence-electron chi connectivity index (χ0n) is 16.6. The predicted octanol–water partition coefficient (Wildman–Crippen LogP) is 2.85. The molecule has 0 saturated carbocycles. The topological polar surface area (TPSA) is 56.8 Å². The van der Waals surface area contributed by atoms with Crippen LogP contribution in [0.1, 0.15) is 17.5 Å². The van der Waals surface area contributed by atoms with Gasteiger partial charge in [0.05, 0.1) is 5.92 Å². The summed E-state index contributed by atoms with van der Waals surface area (Å²) < 4.78 is 1.02. The van der Waals surface area contributed by atoms with Crippen LogP contribution >= 0.6 is 15.9 Å². The molecule has 7 heteroatoms. The van der Waals surface area contributed by atoms with Crippen molar-refractivity contribution in [3.8, 4) is 0 Å². The molecule has 6 nitrogen and oxygen atoms in total. The molecule has 2 aliphatic rings. The van der Waals surface area contributed by atoms with E-state index in [-0.39, 0.29) is 17.7 Å². The van der Waals surface area contributed by atoms with Gasteiger partial charge < -0.3 is 9.80 Å². The number of piperazine rings is 1. The standard InChI is InChI=1S/C22H25BrN4O2/c1-16-11-19(4-5-20(16)23)27-15-18(12-21(27)28)22(29)26-9-7-25(8-10-26)14-17-3-2-6-24-13-17/h2-6,11,13,18H,7-10,12,14-15H2,1H3. The molecule has 3 heterocycles. The Labute approximate surface area is 179 Å². The van der Waals surface area contributed by atoms with Crippen molar-refractivity contribution in [2.45, 2.75) is 19.9 Å². The van der Waals surface area contributed by atoms with Gasteiger partial charge in [-0.1, -0.05) is 22.0 Å². The van der Waals surface area contributed by atoms with Crippen LogP contribution < -0.4 is 4.90 Å². The van der Waals surface area contributed by atoms with Crippen LogP contribution in [0.4, 0.5) is 5.69 Å². The lowest BCUT2D eigenvalue weighted by atomic mass is 10.1. The molecule has 1 aromatic heterocycles. The monoisotopic (exact) mass is 456 g/mol. The van der Waals surface area contributed by atoms with Gasteiger partial charge in [0.2, 0.25) is 11.8 Å². The Morgan fingerprint density at radius 3 is 2.69 bits per heavy atom. The van der Waals surface area contributed by atoms with Crippen molar-refractivity contribution in [2.24, 2.45) is 5.92 Å². The normalized spacial score (nSPS) is 20.3. The Hall–Kier alpha value is -2.25. The van der Waals surface area contributed by atoms with Crippen LogP contribution in [0.2, 0.25) is 0 Å². The molecule has 0 spiro atoms. The molecule has 4 rings (SSSR count). The van der Waals surface area contributed by atoms with E-state index in [1.165, 1.54) is 5.56 Å². The molecule has 2 amide bonds. The Bertz CT molecular complexity index is 897. The average molecular weight is 457 g/mol. The minimum Gasteiger partial charge on any atom is -0.340 e. The number of hydrogen-bond acceptors (Lipinski definition) is 4. The van der Waals surface area contributed by atoms with Gasteiger partial charge in [0.1, 0.15) is 0 Å². The van der Waals surface area contributed by atoms with Gasteiger partial charge in [-0.15, -0.1) is 0 Å². The van der Waals surface area contributed by atoms with Crippen LogP contribution in [0.15, 0.2) is 47.2 Å². The van der Waals surface area contributed by atoms with Gasteiger partial charge in [0.15, 0.2) is 0 Å². The first-order chi connectivity index (χ1) is 14.0. The van der Waals surface area contributed by atoms with Crippen LogP contribution in [0.5, 0.6) is 0 Å². The molecule has 1 aromatic carbocycles. The van der Waals surface area contributed by atoms with Crippen molar-refractivity contribution in [2.75, 3.05) is 37.6 Å². The largest absolute Gasteiger partial charge is 0.340 e. The third-order valence-corrected chi connectivity index (χ3v) is 6.63. The molecule has 2 saturated heterocycles. The van der Waals surface area contributed by atoms with E-state index in [1.807, 2.05) is 42.3 Å². The molecule has 29 heavy (non-hydrogen) atoms. The van der Waals surface area contributed by atoms with E-state index in [1.54, 1.807) is 11.1 Å². The number of hydrogen-bond donors (Lipinski definition) is 0. The summed E-state index contributed by atoms with van der Waals surface area (Å²) in [6.07, 6.45) is 3.96. The molecule has 2 aromatic rings. The fraction of sp³-hybridized carbons (Fsp3) is 0.409. The maximum atomic E-state index is 13.0. The summed E-state index contributed by atoms with van der Waals surface area (Å²) in [5.74, 6) is -0.118. The maximum absolute atomic E-state index is 13.0. The van der Waals surface area contributed by atoms with Crippen LogP contribution in [-0.2, 0) is 16.1 Å². The highest BCUT2D eigenvalue weighted by atomic mass is 79.9. The first kappa shape index (κ1) is 20.0. The van der Waals surface area contributed by atoms with E-state index in [4.69, 9.17) is 0 Å². The fourth-order valence-corrected chi connectivity index (χ4v) is 4.30. The third-order valence-electron chi connectivity index (χ3n) is 5.74. The highest BCUT2D eigenvalue weighted by molar-refractivity contribution is 9.10. The smallest absolute Gasteiger partial charge is 0.228 e. The van der Waals surface area contributed by atoms with Gasteiger partial charge >= 0.3 is 0 Å². The second-order valence-electron chi connectivity index (χ2n) is 7.80. The number of carbonyl (C=O) groups is 2. The van der Waals surface area contributed by atoms with Crippen molar-refractivity contribution >= 4 is 33.4 Å². The Morgan fingerprint density at radius 1 is 1.21 bits per heavy atom. The molecular formula is C22H25BrN4O2. The number of aryl methyl sites for hydroxylation is 1. The number of amides is 2. The predicted molar refractivity (Wildman–Crippen MR) is 115 cm³/mol. The lowest BCUT2D eigenvalue weighted by molar-refractivity contribution is -0.137. The Balaban J connectivity index is 1.33. The van der Waals surface area contributed by atoms with Crippen molar-refractivity contribution < 1.29 is 9.59 Å². The fourth-order valence-electron chi connectivity index (χ4n) is 4.05. The van der Waals surface area contributed by atoms with Crippen molar-refractivity contribution in [1.82, 2.24) is 14.8 Å². The van der Waals surface area contributed by atoms with Crippen molar-refractivity contribution in [1.29, 1.82) is 0 Å². The van der Waals surface area contributed by atoms with E-state index >= 15 is 0 Å². The number of aromatic nitrogens is 1. The number of halogens is 1. The second kappa shape index (κ2) is 8.63. The number of carbonyl (C=O) groups excluding carboxylic acids is 2. The quantitative estimate of drug-likeness (QED) is 0.709. The average Bonchev–Trinajstić information content (AvgIpc) is 3.12. The zero-order valence-corrected chi connectivity index (χ0v) is 18.1. The summed E-state index contributed by atoms with van der Waals surface area (Å²) >= 11 is 3.49. The van der Waals surface area contributed by atoms with E-state index < -0.39 is 0 Å². The summed E-state index contributed by atoms with van der Waals surface area (Å²) in [5.41, 5.74) is 3.14. The molecule has 1 unspecified atom stereocenters. The molecule has 0 aliphatic carbocycles. The number of benzene rings is 1. The summed E-state index contributed by atoms with van der Waals surface area (Å²) in [5, 5.41) is 0. The third kappa shape index (κ3) is 4.51. The van der Waals surface area contributed by atoms with E-state index in [0.29, 0.717) is 26.1 Å². The highest BCUT2D eigenvalue weighted by Gasteiger charge is 2.38. The molecule has 1 atom stereocenters. The first-order valence-electron chi connectivity index (χ1n) is 9.98. The van der Waals surface area contributed by atoms with Crippen molar-refractivity contribution in [3.05, 3.63) is 58.3 Å². The Kier molecular flexibility index (Phi) is 5.96. The number of rotatable bonds is 4. The SMILES string of the molecule is Cc1cc(N2CC(C(=O)N3CCN(Cc4cccnc4)CC3)CC2=O)ccc1Br. The van der Waals surface area contributed by atoms with Gasteiger partial charge in [0, 0.05) is 68.2 Å². The number of pyridine rings is 1. The summed E-state index contributed by atoms with van der Waals surface area (Å²) in [4.78, 5) is 35.8. The lowest BCUT2D eigenvalue weighted by Crippen LogP contribution is -2.50. The van der Waals surface area contributed by atoms with Gasteiger partial charge in [-0.25, -0.2) is 0 Å². The van der Waals surface area contributed by atoms with Gasteiger partial charge in [-0.05, 0) is 42.3 Å². The summed E-state index contributed by atoms with van der Waals surface area (Å²) in [7, 11) is 0. The van der Waals surface area contributed by atoms with E-state index in [9.17, 15) is 9.59 Å².